The molecule has 0 saturated heterocycles. The zero-order valence-electron chi connectivity index (χ0n) is 10.7. The summed E-state index contributed by atoms with van der Waals surface area (Å²) in [5.41, 5.74) is -0.704. The Morgan fingerprint density at radius 3 is 2.47 bits per heavy atom. The highest BCUT2D eigenvalue weighted by Gasteiger charge is 2.35. The average molecular weight is 397 g/mol. The van der Waals surface area contributed by atoms with Gasteiger partial charge in [-0.3, -0.25) is 0 Å². The van der Waals surface area contributed by atoms with Gasteiger partial charge in [-0.1, -0.05) is 11.6 Å². The van der Waals surface area contributed by atoms with Crippen molar-refractivity contribution in [2.45, 2.75) is 19.4 Å². The van der Waals surface area contributed by atoms with Crippen molar-refractivity contribution in [1.82, 2.24) is 4.90 Å². The fourth-order valence-corrected chi connectivity index (χ4v) is 2.19. The maximum Gasteiger partial charge on any atom is 0.329 e. The van der Waals surface area contributed by atoms with Gasteiger partial charge in [-0.25, -0.2) is 9.59 Å². The molecule has 1 aromatic carbocycles. The van der Waals surface area contributed by atoms with Gasteiger partial charge in [0, 0.05) is 15.6 Å². The van der Waals surface area contributed by atoms with Crippen molar-refractivity contribution in [2.24, 2.45) is 0 Å². The summed E-state index contributed by atoms with van der Waals surface area (Å²) in [7, 11) is 1.44. The predicted octanol–water partition coefficient (Wildman–Crippen LogP) is 3.27. The Bertz CT molecular complexity index is 520. The van der Waals surface area contributed by atoms with Gasteiger partial charge in [-0.15, -0.1) is 0 Å². The Labute approximate surface area is 130 Å². The van der Waals surface area contributed by atoms with Crippen LogP contribution in [0.15, 0.2) is 18.2 Å². The molecule has 0 fully saturated rings. The number of halogens is 2. The number of anilines is 1. The van der Waals surface area contributed by atoms with Gasteiger partial charge in [-0.05, 0) is 54.6 Å². The average Bonchev–Trinajstić information content (AvgIpc) is 2.31. The summed E-state index contributed by atoms with van der Waals surface area (Å²) in [5.74, 6) is -1.07. The first kappa shape index (κ1) is 16.0. The third kappa shape index (κ3) is 3.73. The molecule has 0 saturated carbocycles. The first-order chi connectivity index (χ1) is 8.66. The van der Waals surface area contributed by atoms with E-state index >= 15 is 0 Å². The van der Waals surface area contributed by atoms with Crippen LogP contribution in [0.4, 0.5) is 10.5 Å². The molecule has 0 radical (unpaired) electrons. The molecule has 0 spiro atoms. The summed E-state index contributed by atoms with van der Waals surface area (Å²) in [4.78, 5) is 24.2. The lowest BCUT2D eigenvalue weighted by Gasteiger charge is -2.31. The number of amides is 2. The van der Waals surface area contributed by atoms with Crippen molar-refractivity contribution in [3.63, 3.8) is 0 Å². The van der Waals surface area contributed by atoms with Crippen LogP contribution in [-0.2, 0) is 4.79 Å². The van der Waals surface area contributed by atoms with Crippen molar-refractivity contribution >= 4 is 51.9 Å². The van der Waals surface area contributed by atoms with E-state index in [0.29, 0.717) is 10.7 Å². The molecular formula is C12H14ClIN2O3. The maximum absolute atomic E-state index is 12.0. The standard InChI is InChI=1S/C12H14ClIN2O3/c1-12(2,10(17)18)16(3)11(19)15-9-5-4-7(13)6-8(9)14/h4-6H,1-3H3,(H,15,19)(H,17,18). The van der Waals surface area contributed by atoms with E-state index in [1.807, 2.05) is 22.6 Å². The lowest BCUT2D eigenvalue weighted by Crippen LogP contribution is -2.52. The Morgan fingerprint density at radius 2 is 2.00 bits per heavy atom. The number of hydrogen-bond acceptors (Lipinski definition) is 2. The number of carbonyl (C=O) groups is 2. The highest BCUT2D eigenvalue weighted by Crippen LogP contribution is 2.23. The van der Waals surface area contributed by atoms with Crippen molar-refractivity contribution < 1.29 is 14.7 Å². The Balaban J connectivity index is 2.88. The van der Waals surface area contributed by atoms with E-state index in [2.05, 4.69) is 5.32 Å². The van der Waals surface area contributed by atoms with E-state index in [9.17, 15) is 9.59 Å². The Kier molecular flexibility index (Phi) is 5.03. The van der Waals surface area contributed by atoms with Crippen molar-refractivity contribution in [3.05, 3.63) is 26.8 Å². The molecule has 2 N–H and O–H groups in total. The summed E-state index contributed by atoms with van der Waals surface area (Å²) >= 11 is 7.87. The number of nitrogens with zero attached hydrogens (tertiary/aromatic N) is 1. The predicted molar refractivity (Wildman–Crippen MR) is 82.7 cm³/mol. The maximum atomic E-state index is 12.0. The monoisotopic (exact) mass is 396 g/mol. The molecule has 0 aliphatic heterocycles. The topological polar surface area (TPSA) is 69.6 Å². The van der Waals surface area contributed by atoms with Gasteiger partial charge in [0.05, 0.1) is 5.69 Å². The summed E-state index contributed by atoms with van der Waals surface area (Å²) < 4.78 is 0.778. The van der Waals surface area contributed by atoms with E-state index in [-0.39, 0.29) is 0 Å². The van der Waals surface area contributed by atoms with Crippen LogP contribution in [0, 0.1) is 3.57 Å². The van der Waals surface area contributed by atoms with Crippen molar-refractivity contribution in [2.75, 3.05) is 12.4 Å². The molecular weight excluding hydrogens is 383 g/mol. The molecule has 0 aliphatic carbocycles. The molecule has 0 aliphatic rings. The number of urea groups is 1. The summed E-state index contributed by atoms with van der Waals surface area (Å²) in [5, 5.41) is 12.3. The molecule has 0 atom stereocenters. The fourth-order valence-electron chi connectivity index (χ4n) is 1.19. The molecule has 1 rings (SSSR count). The number of benzene rings is 1. The molecule has 19 heavy (non-hydrogen) atoms. The van der Waals surface area contributed by atoms with Crippen LogP contribution in [0.3, 0.4) is 0 Å². The van der Waals surface area contributed by atoms with Crippen LogP contribution < -0.4 is 5.32 Å². The second kappa shape index (κ2) is 5.96. The third-order valence-electron chi connectivity index (χ3n) is 2.84. The number of hydrogen-bond donors (Lipinski definition) is 2. The van der Waals surface area contributed by atoms with Gasteiger partial charge >= 0.3 is 12.0 Å². The van der Waals surface area contributed by atoms with Gasteiger partial charge in [0.2, 0.25) is 0 Å². The summed E-state index contributed by atoms with van der Waals surface area (Å²) in [6.07, 6.45) is 0. The summed E-state index contributed by atoms with van der Waals surface area (Å²) in [6, 6.07) is 4.54. The van der Waals surface area contributed by atoms with E-state index in [1.54, 1.807) is 18.2 Å². The van der Waals surface area contributed by atoms with Gasteiger partial charge in [0.15, 0.2) is 0 Å². The summed E-state index contributed by atoms with van der Waals surface area (Å²) in [6.45, 7) is 2.92. The minimum absolute atomic E-state index is 0.493. The van der Waals surface area contributed by atoms with E-state index in [4.69, 9.17) is 16.7 Å². The first-order valence-corrected chi connectivity index (χ1v) is 6.85. The molecule has 1 aromatic rings. The quantitative estimate of drug-likeness (QED) is 0.771. The van der Waals surface area contributed by atoms with Gasteiger partial charge in [0.1, 0.15) is 5.54 Å². The molecule has 104 valence electrons. The molecule has 2 amide bonds. The number of carboxylic acid groups (broad SMARTS) is 1. The van der Waals surface area contributed by atoms with E-state index in [0.717, 1.165) is 8.47 Å². The van der Waals surface area contributed by atoms with Crippen LogP contribution in [0.2, 0.25) is 5.02 Å². The number of carboxylic acids is 1. The minimum atomic E-state index is -1.29. The second-order valence-electron chi connectivity index (χ2n) is 4.48. The van der Waals surface area contributed by atoms with Crippen LogP contribution in [0.1, 0.15) is 13.8 Å². The Hall–Kier alpha value is -1.02. The minimum Gasteiger partial charge on any atom is -0.480 e. The molecule has 0 bridgehead atoms. The normalized spacial score (nSPS) is 11.0. The molecule has 7 heteroatoms. The van der Waals surface area contributed by atoms with E-state index in [1.165, 1.54) is 20.9 Å². The van der Waals surface area contributed by atoms with Crippen LogP contribution >= 0.6 is 34.2 Å². The van der Waals surface area contributed by atoms with Crippen LogP contribution in [0.5, 0.6) is 0 Å². The van der Waals surface area contributed by atoms with Crippen molar-refractivity contribution in [3.8, 4) is 0 Å². The van der Waals surface area contributed by atoms with E-state index < -0.39 is 17.5 Å². The second-order valence-corrected chi connectivity index (χ2v) is 6.08. The molecule has 0 unspecified atom stereocenters. The van der Waals surface area contributed by atoms with Gasteiger partial charge in [0.25, 0.3) is 0 Å². The number of carbonyl (C=O) groups excluding carboxylic acids is 1. The largest absolute Gasteiger partial charge is 0.480 e. The fraction of sp³-hybridized carbons (Fsp3) is 0.333. The highest BCUT2D eigenvalue weighted by molar-refractivity contribution is 14.1. The van der Waals surface area contributed by atoms with Gasteiger partial charge in [-0.2, -0.15) is 0 Å². The smallest absolute Gasteiger partial charge is 0.329 e. The lowest BCUT2D eigenvalue weighted by molar-refractivity contribution is -0.146. The third-order valence-corrected chi connectivity index (χ3v) is 3.97. The molecule has 0 heterocycles. The van der Waals surface area contributed by atoms with Crippen LogP contribution in [-0.4, -0.2) is 34.6 Å². The molecule has 0 aromatic heterocycles. The number of aliphatic carboxylic acids is 1. The van der Waals surface area contributed by atoms with Crippen molar-refractivity contribution in [1.29, 1.82) is 0 Å². The highest BCUT2D eigenvalue weighted by atomic mass is 127. The SMILES string of the molecule is CN(C(=O)Nc1ccc(Cl)cc1I)C(C)(C)C(=O)O. The Morgan fingerprint density at radius 1 is 1.42 bits per heavy atom. The number of rotatable bonds is 3. The zero-order valence-corrected chi connectivity index (χ0v) is 13.6. The molecule has 5 nitrogen and oxygen atoms in total. The number of likely N-dealkylation sites (N-methyl/N-ethyl adjacent to an activating group) is 1. The number of nitrogens with one attached hydrogen (secondary N) is 1. The lowest BCUT2D eigenvalue weighted by atomic mass is 10.1. The first-order valence-electron chi connectivity index (χ1n) is 5.39. The van der Waals surface area contributed by atoms with Crippen LogP contribution in [0.25, 0.3) is 0 Å². The zero-order chi connectivity index (χ0) is 14.8. The van der Waals surface area contributed by atoms with Gasteiger partial charge < -0.3 is 15.3 Å².